The smallest absolute Gasteiger partial charge is 0.337 e. The zero-order valence-electron chi connectivity index (χ0n) is 13.1. The van der Waals surface area contributed by atoms with Crippen LogP contribution in [-0.4, -0.2) is 51.0 Å². The molecule has 2 aromatic rings. The Labute approximate surface area is 142 Å². The maximum absolute atomic E-state index is 12.5. The number of ether oxygens (including phenoxy) is 1. The quantitative estimate of drug-likeness (QED) is 0.889. The molecule has 0 saturated carbocycles. The highest BCUT2D eigenvalue weighted by Gasteiger charge is 2.28. The minimum Gasteiger partial charge on any atom is -0.478 e. The average molecular weight is 347 g/mol. The second kappa shape index (κ2) is 7.06. The van der Waals surface area contributed by atoms with Crippen molar-refractivity contribution in [1.82, 2.24) is 14.9 Å². The molecule has 3 rings (SSSR count). The summed E-state index contributed by atoms with van der Waals surface area (Å²) in [6.07, 6.45) is 3.34. The van der Waals surface area contributed by atoms with E-state index in [0.29, 0.717) is 19.7 Å². The summed E-state index contributed by atoms with van der Waals surface area (Å²) in [4.78, 5) is 33.3. The summed E-state index contributed by atoms with van der Waals surface area (Å²) < 4.78 is 5.82. The molecule has 1 atom stereocenters. The number of carbonyl (C=O) groups is 2. The summed E-state index contributed by atoms with van der Waals surface area (Å²) in [5.41, 5.74) is 1.27. The topological polar surface area (TPSA) is 92.6 Å². The van der Waals surface area contributed by atoms with Gasteiger partial charge in [0.2, 0.25) is 0 Å². The van der Waals surface area contributed by atoms with Crippen LogP contribution in [0.5, 0.6) is 0 Å². The highest BCUT2D eigenvalue weighted by atomic mass is 32.1. The van der Waals surface area contributed by atoms with E-state index in [2.05, 4.69) is 9.97 Å². The lowest BCUT2D eigenvalue weighted by Gasteiger charge is -2.16. The predicted octanol–water partition coefficient (Wildman–Crippen LogP) is 1.98. The Morgan fingerprint density at radius 1 is 1.42 bits per heavy atom. The summed E-state index contributed by atoms with van der Waals surface area (Å²) in [6.45, 7) is 3.45. The molecule has 0 bridgehead atoms. The van der Waals surface area contributed by atoms with Crippen LogP contribution in [0.25, 0.3) is 0 Å². The van der Waals surface area contributed by atoms with Crippen molar-refractivity contribution in [1.29, 1.82) is 0 Å². The number of amides is 1. The first-order valence-corrected chi connectivity index (χ1v) is 8.41. The fourth-order valence-corrected chi connectivity index (χ4v) is 3.26. The van der Waals surface area contributed by atoms with Gasteiger partial charge in [-0.15, -0.1) is 11.3 Å². The third kappa shape index (κ3) is 3.77. The van der Waals surface area contributed by atoms with Gasteiger partial charge >= 0.3 is 5.97 Å². The lowest BCUT2D eigenvalue weighted by atomic mass is 10.2. The van der Waals surface area contributed by atoms with E-state index in [-0.39, 0.29) is 23.1 Å². The van der Waals surface area contributed by atoms with Crippen LogP contribution in [0.3, 0.4) is 0 Å². The second-order valence-electron chi connectivity index (χ2n) is 5.62. The first-order chi connectivity index (χ1) is 11.5. The number of carbonyl (C=O) groups excluding carboxylic acids is 1. The Kier molecular flexibility index (Phi) is 4.86. The Bertz CT molecular complexity index is 761. The lowest BCUT2D eigenvalue weighted by molar-refractivity contribution is 0.0436. The Hall–Kier alpha value is -2.32. The standard InChI is InChI=1S/C16H17N3O4S/c1-10-9-24-14(18-10)8-23-13-2-3-19(7-13)15(20)11-4-12(16(21)22)6-17-5-11/h4-6,9,13H,2-3,7-8H2,1H3,(H,21,22). The minimum atomic E-state index is -1.10. The molecule has 7 nitrogen and oxygen atoms in total. The summed E-state index contributed by atoms with van der Waals surface area (Å²) in [5.74, 6) is -1.32. The predicted molar refractivity (Wildman–Crippen MR) is 87.1 cm³/mol. The van der Waals surface area contributed by atoms with Crippen LogP contribution in [0.15, 0.2) is 23.8 Å². The summed E-state index contributed by atoms with van der Waals surface area (Å²) in [7, 11) is 0. The molecule has 1 unspecified atom stereocenters. The van der Waals surface area contributed by atoms with Crippen LogP contribution in [0, 0.1) is 6.92 Å². The van der Waals surface area contributed by atoms with Gasteiger partial charge in [-0.2, -0.15) is 0 Å². The monoisotopic (exact) mass is 347 g/mol. The number of aromatic carboxylic acids is 1. The maximum atomic E-state index is 12.5. The van der Waals surface area contributed by atoms with Crippen molar-refractivity contribution in [3.63, 3.8) is 0 Å². The molecule has 0 radical (unpaired) electrons. The van der Waals surface area contributed by atoms with Gasteiger partial charge in [0.05, 0.1) is 23.8 Å². The van der Waals surface area contributed by atoms with Gasteiger partial charge in [0.1, 0.15) is 5.01 Å². The molecule has 2 aromatic heterocycles. The summed E-state index contributed by atoms with van der Waals surface area (Å²) >= 11 is 1.56. The molecule has 1 saturated heterocycles. The number of thiazole rings is 1. The molecule has 24 heavy (non-hydrogen) atoms. The molecule has 1 aliphatic rings. The number of carboxylic acid groups (broad SMARTS) is 1. The molecule has 8 heteroatoms. The summed E-state index contributed by atoms with van der Waals surface area (Å²) in [5, 5.41) is 11.9. The van der Waals surface area contributed by atoms with Crippen molar-refractivity contribution >= 4 is 23.2 Å². The Morgan fingerprint density at radius 3 is 2.92 bits per heavy atom. The van der Waals surface area contributed by atoms with Gasteiger partial charge in [-0.1, -0.05) is 0 Å². The van der Waals surface area contributed by atoms with Crippen molar-refractivity contribution in [2.75, 3.05) is 13.1 Å². The number of nitrogens with zero attached hydrogens (tertiary/aromatic N) is 3. The van der Waals surface area contributed by atoms with Gasteiger partial charge in [-0.3, -0.25) is 9.78 Å². The van der Waals surface area contributed by atoms with E-state index in [0.717, 1.165) is 17.1 Å². The number of rotatable bonds is 5. The molecule has 0 aromatic carbocycles. The van der Waals surface area contributed by atoms with E-state index >= 15 is 0 Å². The number of hydrogen-bond donors (Lipinski definition) is 1. The van der Waals surface area contributed by atoms with E-state index in [1.807, 2.05) is 12.3 Å². The fourth-order valence-electron chi connectivity index (χ4n) is 2.56. The number of hydrogen-bond acceptors (Lipinski definition) is 6. The van der Waals surface area contributed by atoms with Crippen LogP contribution < -0.4 is 0 Å². The molecule has 1 N–H and O–H groups in total. The lowest BCUT2D eigenvalue weighted by Crippen LogP contribution is -2.30. The van der Waals surface area contributed by atoms with Crippen LogP contribution in [0.2, 0.25) is 0 Å². The maximum Gasteiger partial charge on any atom is 0.337 e. The van der Waals surface area contributed by atoms with Crippen LogP contribution in [-0.2, 0) is 11.3 Å². The largest absolute Gasteiger partial charge is 0.478 e. The number of aryl methyl sites for hydroxylation is 1. The van der Waals surface area contributed by atoms with Gasteiger partial charge in [0.15, 0.2) is 0 Å². The van der Waals surface area contributed by atoms with Crippen molar-refractivity contribution in [3.05, 3.63) is 45.7 Å². The Morgan fingerprint density at radius 2 is 2.21 bits per heavy atom. The third-order valence-electron chi connectivity index (χ3n) is 3.77. The molecule has 1 aliphatic heterocycles. The van der Waals surface area contributed by atoms with Gasteiger partial charge < -0.3 is 14.7 Å². The van der Waals surface area contributed by atoms with Crippen LogP contribution in [0.1, 0.15) is 37.8 Å². The number of aromatic nitrogens is 2. The summed E-state index contributed by atoms with van der Waals surface area (Å²) in [6, 6.07) is 1.35. The second-order valence-corrected chi connectivity index (χ2v) is 6.57. The molecule has 126 valence electrons. The molecular formula is C16H17N3O4S. The highest BCUT2D eigenvalue weighted by Crippen LogP contribution is 2.19. The first-order valence-electron chi connectivity index (χ1n) is 7.53. The van der Waals surface area contributed by atoms with Crippen molar-refractivity contribution in [3.8, 4) is 0 Å². The van der Waals surface area contributed by atoms with Gasteiger partial charge in [0, 0.05) is 36.6 Å². The zero-order chi connectivity index (χ0) is 17.1. The van der Waals surface area contributed by atoms with Gasteiger partial charge in [-0.25, -0.2) is 9.78 Å². The molecular weight excluding hydrogens is 330 g/mol. The number of likely N-dealkylation sites (tertiary alicyclic amines) is 1. The van der Waals surface area contributed by atoms with Crippen LogP contribution >= 0.6 is 11.3 Å². The van der Waals surface area contributed by atoms with Gasteiger partial charge in [0.25, 0.3) is 5.91 Å². The van der Waals surface area contributed by atoms with E-state index in [9.17, 15) is 9.59 Å². The van der Waals surface area contributed by atoms with Crippen molar-refractivity contribution < 1.29 is 19.4 Å². The minimum absolute atomic E-state index is 0.00647. The average Bonchev–Trinajstić information content (AvgIpc) is 3.21. The van der Waals surface area contributed by atoms with E-state index in [4.69, 9.17) is 9.84 Å². The third-order valence-corrected chi connectivity index (χ3v) is 4.71. The van der Waals surface area contributed by atoms with E-state index in [1.165, 1.54) is 18.5 Å². The number of pyridine rings is 1. The molecule has 0 spiro atoms. The fraction of sp³-hybridized carbons (Fsp3) is 0.375. The molecule has 1 amide bonds. The van der Waals surface area contributed by atoms with Crippen molar-refractivity contribution in [2.24, 2.45) is 0 Å². The van der Waals surface area contributed by atoms with E-state index in [1.54, 1.807) is 16.2 Å². The normalized spacial score (nSPS) is 17.2. The molecule has 1 fully saturated rings. The highest BCUT2D eigenvalue weighted by molar-refractivity contribution is 7.09. The van der Waals surface area contributed by atoms with Crippen molar-refractivity contribution in [2.45, 2.75) is 26.1 Å². The van der Waals surface area contributed by atoms with Crippen LogP contribution in [0.4, 0.5) is 0 Å². The molecule has 3 heterocycles. The number of carboxylic acids is 1. The first kappa shape index (κ1) is 16.5. The van der Waals surface area contributed by atoms with Gasteiger partial charge in [-0.05, 0) is 19.4 Å². The molecule has 0 aliphatic carbocycles. The Balaban J connectivity index is 1.57. The SMILES string of the molecule is Cc1csc(COC2CCN(C(=O)c3cncc(C(=O)O)c3)C2)n1. The zero-order valence-corrected chi connectivity index (χ0v) is 14.0. The van der Waals surface area contributed by atoms with E-state index < -0.39 is 5.97 Å².